The topological polar surface area (TPSA) is 75.6 Å². The van der Waals surface area contributed by atoms with Crippen LogP contribution >= 0.6 is 0 Å². The van der Waals surface area contributed by atoms with E-state index in [0.717, 1.165) is 0 Å². The molecule has 0 saturated heterocycles. The summed E-state index contributed by atoms with van der Waals surface area (Å²) in [6.45, 7) is -0.447. The molecule has 1 atom stereocenters. The van der Waals surface area contributed by atoms with E-state index in [9.17, 15) is 14.7 Å². The summed E-state index contributed by atoms with van der Waals surface area (Å²) >= 11 is 0. The Morgan fingerprint density at radius 1 is 1.00 bits per heavy atom. The lowest BCUT2D eigenvalue weighted by molar-refractivity contribution is -0.156. The van der Waals surface area contributed by atoms with Crippen LogP contribution in [0, 0.1) is 0 Å². The molecule has 1 amide bonds. The third-order valence-corrected chi connectivity index (χ3v) is 2.74. The van der Waals surface area contributed by atoms with E-state index in [1.807, 2.05) is 6.07 Å². The molecular formula is C16H15NO4. The Hall–Kier alpha value is -2.66. The first-order valence-electron chi connectivity index (χ1n) is 6.41. The number of carbonyl (C=O) groups excluding carboxylic acids is 2. The molecule has 0 aliphatic heterocycles. The van der Waals surface area contributed by atoms with Crippen LogP contribution < -0.4 is 5.32 Å². The second-order valence-electron chi connectivity index (χ2n) is 4.34. The van der Waals surface area contributed by atoms with Crippen molar-refractivity contribution < 1.29 is 19.4 Å². The van der Waals surface area contributed by atoms with Crippen LogP contribution in [-0.4, -0.2) is 23.6 Å². The van der Waals surface area contributed by atoms with Crippen LogP contribution in [0.3, 0.4) is 0 Å². The van der Waals surface area contributed by atoms with E-state index in [1.165, 1.54) is 0 Å². The van der Waals surface area contributed by atoms with Gasteiger partial charge in [0.05, 0.1) is 0 Å². The van der Waals surface area contributed by atoms with Crippen LogP contribution in [0.4, 0.5) is 5.69 Å². The van der Waals surface area contributed by atoms with Crippen LogP contribution in [-0.2, 0) is 14.3 Å². The standard InChI is InChI=1S/C16H15NO4/c18-14(17-13-9-5-2-6-10-13)11-21-16(20)15(19)12-7-3-1-4-8-12/h1-10,15,19H,11H2,(H,17,18)/t15-/m0/s1. The maximum absolute atomic E-state index is 11.6. The fourth-order valence-corrected chi connectivity index (χ4v) is 1.71. The highest BCUT2D eigenvalue weighted by atomic mass is 16.5. The number of nitrogens with one attached hydrogen (secondary N) is 1. The fraction of sp³-hybridized carbons (Fsp3) is 0.125. The second-order valence-corrected chi connectivity index (χ2v) is 4.34. The summed E-state index contributed by atoms with van der Waals surface area (Å²) < 4.78 is 4.79. The summed E-state index contributed by atoms with van der Waals surface area (Å²) in [5, 5.41) is 12.4. The summed E-state index contributed by atoms with van der Waals surface area (Å²) in [6, 6.07) is 17.2. The Kier molecular flexibility index (Phi) is 5.06. The fourth-order valence-electron chi connectivity index (χ4n) is 1.71. The highest BCUT2D eigenvalue weighted by Crippen LogP contribution is 2.13. The van der Waals surface area contributed by atoms with Crippen molar-refractivity contribution in [1.82, 2.24) is 0 Å². The number of esters is 1. The molecular weight excluding hydrogens is 270 g/mol. The monoisotopic (exact) mass is 285 g/mol. The Morgan fingerprint density at radius 3 is 2.19 bits per heavy atom. The number of ether oxygens (including phenoxy) is 1. The van der Waals surface area contributed by atoms with Gasteiger partial charge in [-0.05, 0) is 17.7 Å². The van der Waals surface area contributed by atoms with E-state index in [2.05, 4.69) is 5.32 Å². The van der Waals surface area contributed by atoms with E-state index in [1.54, 1.807) is 54.6 Å². The van der Waals surface area contributed by atoms with Gasteiger partial charge < -0.3 is 15.2 Å². The summed E-state index contributed by atoms with van der Waals surface area (Å²) in [5.74, 6) is -1.32. The van der Waals surface area contributed by atoms with E-state index in [4.69, 9.17) is 4.74 Å². The number of aliphatic hydroxyl groups is 1. The van der Waals surface area contributed by atoms with Crippen LogP contribution in [0.1, 0.15) is 11.7 Å². The third kappa shape index (κ3) is 4.43. The smallest absolute Gasteiger partial charge is 0.340 e. The average Bonchev–Trinajstić information content (AvgIpc) is 2.53. The highest BCUT2D eigenvalue weighted by molar-refractivity contribution is 5.93. The van der Waals surface area contributed by atoms with Gasteiger partial charge in [-0.25, -0.2) is 4.79 Å². The van der Waals surface area contributed by atoms with E-state index in [-0.39, 0.29) is 0 Å². The zero-order valence-electron chi connectivity index (χ0n) is 11.2. The van der Waals surface area contributed by atoms with Gasteiger partial charge in [-0.3, -0.25) is 4.79 Å². The Labute approximate surface area is 122 Å². The molecule has 21 heavy (non-hydrogen) atoms. The maximum Gasteiger partial charge on any atom is 0.340 e. The van der Waals surface area contributed by atoms with Crippen LogP contribution in [0.2, 0.25) is 0 Å². The number of para-hydroxylation sites is 1. The SMILES string of the molecule is O=C(COC(=O)[C@@H](O)c1ccccc1)Nc1ccccc1. The number of rotatable bonds is 5. The van der Waals surface area contributed by atoms with E-state index >= 15 is 0 Å². The summed E-state index contributed by atoms with van der Waals surface area (Å²) in [6.07, 6.45) is -1.39. The number of carbonyl (C=O) groups is 2. The third-order valence-electron chi connectivity index (χ3n) is 2.74. The number of hydrogen-bond donors (Lipinski definition) is 2. The Bertz CT molecular complexity index is 598. The molecule has 0 bridgehead atoms. The quantitative estimate of drug-likeness (QED) is 0.823. The highest BCUT2D eigenvalue weighted by Gasteiger charge is 2.19. The van der Waals surface area contributed by atoms with Gasteiger partial charge in [-0.2, -0.15) is 0 Å². The number of benzene rings is 2. The largest absolute Gasteiger partial charge is 0.453 e. The molecule has 2 N–H and O–H groups in total. The normalized spacial score (nSPS) is 11.5. The lowest BCUT2D eigenvalue weighted by atomic mass is 10.1. The van der Waals surface area contributed by atoms with Crippen molar-refractivity contribution in [2.45, 2.75) is 6.10 Å². The van der Waals surface area contributed by atoms with Crippen molar-refractivity contribution in [1.29, 1.82) is 0 Å². The zero-order valence-corrected chi connectivity index (χ0v) is 11.2. The van der Waals surface area contributed by atoms with E-state index in [0.29, 0.717) is 11.3 Å². The second kappa shape index (κ2) is 7.21. The van der Waals surface area contributed by atoms with Gasteiger partial charge in [0, 0.05) is 5.69 Å². The van der Waals surface area contributed by atoms with Crippen molar-refractivity contribution in [3.63, 3.8) is 0 Å². The van der Waals surface area contributed by atoms with E-state index < -0.39 is 24.6 Å². The summed E-state index contributed by atoms with van der Waals surface area (Å²) in [4.78, 5) is 23.3. The number of amides is 1. The minimum absolute atomic E-state index is 0.422. The van der Waals surface area contributed by atoms with Crippen molar-refractivity contribution in [3.8, 4) is 0 Å². The van der Waals surface area contributed by atoms with Crippen molar-refractivity contribution >= 4 is 17.6 Å². The van der Waals surface area contributed by atoms with Gasteiger partial charge in [0.15, 0.2) is 12.7 Å². The molecule has 108 valence electrons. The predicted molar refractivity (Wildman–Crippen MR) is 77.4 cm³/mol. The molecule has 2 aromatic carbocycles. The van der Waals surface area contributed by atoms with Gasteiger partial charge in [-0.15, -0.1) is 0 Å². The summed E-state index contributed by atoms with van der Waals surface area (Å²) in [7, 11) is 0. The van der Waals surface area contributed by atoms with Crippen molar-refractivity contribution in [3.05, 3.63) is 66.2 Å². The number of hydrogen-bond acceptors (Lipinski definition) is 4. The average molecular weight is 285 g/mol. The van der Waals surface area contributed by atoms with Gasteiger partial charge in [0.25, 0.3) is 5.91 Å². The van der Waals surface area contributed by atoms with Gasteiger partial charge in [0.2, 0.25) is 0 Å². The lowest BCUT2D eigenvalue weighted by Gasteiger charge is -2.11. The molecule has 5 heteroatoms. The van der Waals surface area contributed by atoms with Gasteiger partial charge in [-0.1, -0.05) is 48.5 Å². The molecule has 5 nitrogen and oxygen atoms in total. The molecule has 2 rings (SSSR count). The first-order valence-corrected chi connectivity index (χ1v) is 6.41. The minimum atomic E-state index is -1.39. The first-order chi connectivity index (χ1) is 10.2. The predicted octanol–water partition coefficient (Wildman–Crippen LogP) is 1.90. The van der Waals surface area contributed by atoms with Crippen LogP contribution in [0.25, 0.3) is 0 Å². The molecule has 0 spiro atoms. The molecule has 0 fully saturated rings. The number of aliphatic hydroxyl groups excluding tert-OH is 1. The molecule has 2 aromatic rings. The zero-order chi connectivity index (χ0) is 15.1. The van der Waals surface area contributed by atoms with Crippen LogP contribution in [0.5, 0.6) is 0 Å². The minimum Gasteiger partial charge on any atom is -0.453 e. The molecule has 0 radical (unpaired) electrons. The maximum atomic E-state index is 11.6. The first kappa shape index (κ1) is 14.7. The van der Waals surface area contributed by atoms with Crippen molar-refractivity contribution in [2.24, 2.45) is 0 Å². The molecule has 0 aromatic heterocycles. The van der Waals surface area contributed by atoms with Gasteiger partial charge >= 0.3 is 5.97 Å². The lowest BCUT2D eigenvalue weighted by Crippen LogP contribution is -2.23. The molecule has 0 unspecified atom stereocenters. The molecule has 0 aliphatic carbocycles. The number of anilines is 1. The summed E-state index contributed by atoms with van der Waals surface area (Å²) in [5.41, 5.74) is 1.04. The molecule has 0 aliphatic rings. The molecule has 0 heterocycles. The van der Waals surface area contributed by atoms with Gasteiger partial charge in [0.1, 0.15) is 0 Å². The molecule has 0 saturated carbocycles. The Balaban J connectivity index is 1.82. The Morgan fingerprint density at radius 2 is 1.57 bits per heavy atom. The van der Waals surface area contributed by atoms with Crippen molar-refractivity contribution in [2.75, 3.05) is 11.9 Å². The van der Waals surface area contributed by atoms with Crippen LogP contribution in [0.15, 0.2) is 60.7 Å².